The summed E-state index contributed by atoms with van der Waals surface area (Å²) < 4.78 is 25.2. The fraction of sp³-hybridized carbons (Fsp3) is 0.765. The van der Waals surface area contributed by atoms with Crippen molar-refractivity contribution >= 4 is 15.7 Å². The molecule has 2 heterocycles. The lowest BCUT2D eigenvalue weighted by atomic mass is 10.1. The lowest BCUT2D eigenvalue weighted by molar-refractivity contribution is 0.0932. The number of hydrogen-bond acceptors (Lipinski definition) is 4. The molecule has 6 nitrogen and oxygen atoms in total. The van der Waals surface area contributed by atoms with Crippen molar-refractivity contribution in [3.63, 3.8) is 0 Å². The molecule has 1 amide bonds. The van der Waals surface area contributed by atoms with E-state index in [0.717, 1.165) is 18.5 Å². The number of amides is 1. The van der Waals surface area contributed by atoms with Crippen LogP contribution in [0.1, 0.15) is 72.7 Å². The zero-order valence-electron chi connectivity index (χ0n) is 14.5. The molecular formula is C17H27N3O3S. The molecule has 3 rings (SSSR count). The average Bonchev–Trinajstić information content (AvgIpc) is 2.88. The molecule has 1 saturated heterocycles. The fourth-order valence-corrected chi connectivity index (χ4v) is 5.69. The lowest BCUT2D eigenvalue weighted by Gasteiger charge is -2.16. The summed E-state index contributed by atoms with van der Waals surface area (Å²) in [5, 5.41) is 7.65. The second-order valence-electron chi connectivity index (χ2n) is 7.21. The highest BCUT2D eigenvalue weighted by atomic mass is 32.2. The van der Waals surface area contributed by atoms with Crippen LogP contribution in [-0.2, 0) is 9.84 Å². The maximum Gasteiger partial charge on any atom is 0.255 e. The molecule has 2 fully saturated rings. The highest BCUT2D eigenvalue weighted by Gasteiger charge is 2.32. The molecule has 134 valence electrons. The molecule has 1 N–H and O–H groups in total. The number of aryl methyl sites for hydroxylation is 1. The Hall–Kier alpha value is -1.37. The molecule has 0 spiro atoms. The van der Waals surface area contributed by atoms with Crippen LogP contribution >= 0.6 is 0 Å². The number of sulfone groups is 1. The Bertz CT molecular complexity index is 716. The molecule has 1 aliphatic heterocycles. The third-order valence-corrected chi connectivity index (χ3v) is 7.05. The highest BCUT2D eigenvalue weighted by molar-refractivity contribution is 7.91. The Morgan fingerprint density at radius 3 is 2.38 bits per heavy atom. The van der Waals surface area contributed by atoms with Crippen molar-refractivity contribution in [3.8, 4) is 0 Å². The molecule has 1 aromatic rings. The van der Waals surface area contributed by atoms with E-state index < -0.39 is 9.84 Å². The van der Waals surface area contributed by atoms with Crippen molar-refractivity contribution in [1.29, 1.82) is 0 Å². The van der Waals surface area contributed by atoms with Crippen LogP contribution in [0.4, 0.5) is 0 Å². The van der Waals surface area contributed by atoms with Crippen LogP contribution in [0.3, 0.4) is 0 Å². The molecule has 1 saturated carbocycles. The predicted molar refractivity (Wildman–Crippen MR) is 93.0 cm³/mol. The van der Waals surface area contributed by atoms with Gasteiger partial charge in [-0.15, -0.1) is 0 Å². The largest absolute Gasteiger partial charge is 0.349 e. The van der Waals surface area contributed by atoms with Gasteiger partial charge in [-0.25, -0.2) is 8.42 Å². The van der Waals surface area contributed by atoms with Crippen LogP contribution in [-0.4, -0.2) is 41.7 Å². The number of carbonyl (C=O) groups excluding carboxylic acids is 1. The van der Waals surface area contributed by atoms with Crippen LogP contribution in [0.15, 0.2) is 0 Å². The highest BCUT2D eigenvalue weighted by Crippen LogP contribution is 2.27. The number of aromatic nitrogens is 2. The molecule has 1 aromatic heterocycles. The SMILES string of the molecule is Cc1nn(C2CCS(=O)(=O)C2)c(C)c1C(=O)NC1CCCCCC1. The Morgan fingerprint density at radius 1 is 1.12 bits per heavy atom. The molecule has 1 atom stereocenters. The quantitative estimate of drug-likeness (QED) is 0.846. The maximum absolute atomic E-state index is 12.7. The smallest absolute Gasteiger partial charge is 0.255 e. The minimum Gasteiger partial charge on any atom is -0.349 e. The van der Waals surface area contributed by atoms with Gasteiger partial charge in [-0.05, 0) is 33.1 Å². The molecule has 24 heavy (non-hydrogen) atoms. The normalized spacial score (nSPS) is 24.7. The Balaban J connectivity index is 1.77. The second kappa shape index (κ2) is 6.86. The van der Waals surface area contributed by atoms with Crippen molar-refractivity contribution in [2.24, 2.45) is 0 Å². The first kappa shape index (κ1) is 17.5. The third-order valence-electron chi connectivity index (χ3n) is 5.30. The van der Waals surface area contributed by atoms with Gasteiger partial charge in [0.15, 0.2) is 9.84 Å². The summed E-state index contributed by atoms with van der Waals surface area (Å²) in [7, 11) is -2.97. The van der Waals surface area contributed by atoms with E-state index in [-0.39, 0.29) is 29.5 Å². The summed E-state index contributed by atoms with van der Waals surface area (Å²) in [5.74, 6) is 0.266. The number of hydrogen-bond donors (Lipinski definition) is 1. The molecule has 0 bridgehead atoms. The Kier molecular flexibility index (Phi) is 4.99. The maximum atomic E-state index is 12.7. The van der Waals surface area contributed by atoms with Gasteiger partial charge in [0.1, 0.15) is 0 Å². The van der Waals surface area contributed by atoms with Crippen molar-refractivity contribution in [3.05, 3.63) is 17.0 Å². The van der Waals surface area contributed by atoms with E-state index in [4.69, 9.17) is 0 Å². The summed E-state index contributed by atoms with van der Waals surface area (Å²) >= 11 is 0. The first-order chi connectivity index (χ1) is 11.4. The van der Waals surface area contributed by atoms with E-state index in [1.165, 1.54) is 25.7 Å². The minimum absolute atomic E-state index is 0.0657. The molecule has 1 unspecified atom stereocenters. The topological polar surface area (TPSA) is 81.1 Å². The van der Waals surface area contributed by atoms with Crippen LogP contribution < -0.4 is 5.32 Å². The van der Waals surface area contributed by atoms with Crippen molar-refractivity contribution in [1.82, 2.24) is 15.1 Å². The van der Waals surface area contributed by atoms with Crippen LogP contribution in [0.2, 0.25) is 0 Å². The Labute approximate surface area is 143 Å². The van der Waals surface area contributed by atoms with Crippen molar-refractivity contribution in [2.75, 3.05) is 11.5 Å². The van der Waals surface area contributed by atoms with E-state index >= 15 is 0 Å². The first-order valence-electron chi connectivity index (χ1n) is 8.94. The van der Waals surface area contributed by atoms with Crippen molar-refractivity contribution < 1.29 is 13.2 Å². The van der Waals surface area contributed by atoms with Gasteiger partial charge in [-0.1, -0.05) is 25.7 Å². The third kappa shape index (κ3) is 3.66. The number of rotatable bonds is 3. The molecule has 0 aromatic carbocycles. The van der Waals surface area contributed by atoms with Gasteiger partial charge in [0.25, 0.3) is 5.91 Å². The van der Waals surface area contributed by atoms with Gasteiger partial charge in [-0.2, -0.15) is 5.10 Å². The van der Waals surface area contributed by atoms with Gasteiger partial charge < -0.3 is 5.32 Å². The van der Waals surface area contributed by atoms with Gasteiger partial charge in [-0.3, -0.25) is 9.48 Å². The van der Waals surface area contributed by atoms with Gasteiger partial charge in [0.05, 0.1) is 28.8 Å². The second-order valence-corrected chi connectivity index (χ2v) is 9.44. The van der Waals surface area contributed by atoms with E-state index in [1.807, 2.05) is 13.8 Å². The van der Waals surface area contributed by atoms with E-state index in [0.29, 0.717) is 17.7 Å². The molecule has 1 aliphatic carbocycles. The Morgan fingerprint density at radius 2 is 1.79 bits per heavy atom. The molecule has 7 heteroatoms. The van der Waals surface area contributed by atoms with Gasteiger partial charge >= 0.3 is 0 Å². The number of nitrogens with one attached hydrogen (secondary N) is 1. The number of carbonyl (C=O) groups is 1. The van der Waals surface area contributed by atoms with E-state index in [9.17, 15) is 13.2 Å². The number of nitrogens with zero attached hydrogens (tertiary/aromatic N) is 2. The van der Waals surface area contributed by atoms with Crippen LogP contribution in [0, 0.1) is 13.8 Å². The van der Waals surface area contributed by atoms with E-state index in [2.05, 4.69) is 10.4 Å². The predicted octanol–water partition coefficient (Wildman–Crippen LogP) is 2.31. The van der Waals surface area contributed by atoms with Gasteiger partial charge in [0.2, 0.25) is 0 Å². The zero-order chi connectivity index (χ0) is 17.3. The summed E-state index contributed by atoms with van der Waals surface area (Å²) in [6.07, 6.45) is 7.49. The summed E-state index contributed by atoms with van der Waals surface area (Å²) in [5.41, 5.74) is 2.08. The first-order valence-corrected chi connectivity index (χ1v) is 10.8. The van der Waals surface area contributed by atoms with Crippen molar-refractivity contribution in [2.45, 2.75) is 70.9 Å². The molecule has 0 radical (unpaired) electrons. The minimum atomic E-state index is -2.97. The summed E-state index contributed by atoms with van der Waals surface area (Å²) in [4.78, 5) is 12.7. The zero-order valence-corrected chi connectivity index (χ0v) is 15.4. The molecular weight excluding hydrogens is 326 g/mol. The molecule has 2 aliphatic rings. The van der Waals surface area contributed by atoms with Crippen LogP contribution in [0.5, 0.6) is 0 Å². The fourth-order valence-electron chi connectivity index (χ4n) is 4.00. The summed E-state index contributed by atoms with van der Waals surface area (Å²) in [6, 6.07) is 0.0992. The van der Waals surface area contributed by atoms with E-state index in [1.54, 1.807) is 4.68 Å². The lowest BCUT2D eigenvalue weighted by Crippen LogP contribution is -2.35. The standard InChI is InChI=1S/C17H27N3O3S/c1-12-16(17(21)18-14-7-5-3-4-6-8-14)13(2)20(19-12)15-9-10-24(22,23)11-15/h14-15H,3-11H2,1-2H3,(H,18,21). The monoisotopic (exact) mass is 353 g/mol. The summed E-state index contributed by atoms with van der Waals surface area (Å²) in [6.45, 7) is 3.70. The van der Waals surface area contributed by atoms with Gasteiger partial charge in [0, 0.05) is 11.7 Å². The van der Waals surface area contributed by atoms with Crippen LogP contribution in [0.25, 0.3) is 0 Å². The average molecular weight is 353 g/mol.